The number of anilines is 3. The van der Waals surface area contributed by atoms with Crippen molar-refractivity contribution in [2.75, 3.05) is 30.1 Å². The van der Waals surface area contributed by atoms with Gasteiger partial charge in [0.05, 0.1) is 18.5 Å². The van der Waals surface area contributed by atoms with Crippen LogP contribution in [0, 0.1) is 5.92 Å². The lowest BCUT2D eigenvalue weighted by molar-refractivity contribution is -0.117. The van der Waals surface area contributed by atoms with Crippen LogP contribution in [0.4, 0.5) is 17.2 Å². The SMILES string of the molecule is CCP(=O)(CC)c1ccc(Nc2cc(NC(=O)C3CC3)nnc2C(N)=O)c(OC)c1. The molecule has 0 unspecified atom stereocenters. The molecular formula is C20H26N5O4P. The van der Waals surface area contributed by atoms with Gasteiger partial charge in [0.15, 0.2) is 11.5 Å². The number of rotatable bonds is 9. The summed E-state index contributed by atoms with van der Waals surface area (Å²) in [7, 11) is -0.972. The number of aromatic nitrogens is 2. The van der Waals surface area contributed by atoms with Crippen LogP contribution in [0.1, 0.15) is 37.2 Å². The van der Waals surface area contributed by atoms with Crippen LogP contribution in [0.2, 0.25) is 0 Å². The van der Waals surface area contributed by atoms with Crippen molar-refractivity contribution in [2.24, 2.45) is 11.7 Å². The van der Waals surface area contributed by atoms with Crippen LogP contribution >= 0.6 is 7.14 Å². The number of ether oxygens (including phenoxy) is 1. The summed E-state index contributed by atoms with van der Waals surface area (Å²) in [5, 5.41) is 14.2. The Bertz CT molecular complexity index is 1010. The highest BCUT2D eigenvalue weighted by atomic mass is 31.2. The summed E-state index contributed by atoms with van der Waals surface area (Å²) >= 11 is 0. The standard InChI is InChI=1S/C20H26N5O4P/c1-4-30(28,5-2)13-8-9-14(16(10-13)29-3)22-15-11-17(23-20(27)12-6-7-12)24-25-18(15)19(21)26/h8-12H,4-7H2,1-3H3,(H2,21,26)(H2,22,23,24,27). The van der Waals surface area contributed by atoms with Crippen molar-refractivity contribution in [3.8, 4) is 5.75 Å². The second kappa shape index (κ2) is 8.83. The quantitative estimate of drug-likeness (QED) is 0.519. The normalized spacial score (nSPS) is 13.6. The van der Waals surface area contributed by atoms with Gasteiger partial charge in [-0.05, 0) is 31.0 Å². The molecule has 1 aromatic carbocycles. The summed E-state index contributed by atoms with van der Waals surface area (Å²) in [6.07, 6.45) is 2.83. The molecule has 0 bridgehead atoms. The molecule has 9 nitrogen and oxygen atoms in total. The zero-order chi connectivity index (χ0) is 21.9. The van der Waals surface area contributed by atoms with Gasteiger partial charge in [-0.2, -0.15) is 0 Å². The Morgan fingerprint density at radius 2 is 1.87 bits per heavy atom. The fraction of sp³-hybridized carbons (Fsp3) is 0.400. The molecule has 30 heavy (non-hydrogen) atoms. The molecule has 1 aliphatic rings. The summed E-state index contributed by atoms with van der Waals surface area (Å²) in [4.78, 5) is 23.8. The lowest BCUT2D eigenvalue weighted by Crippen LogP contribution is -2.19. The van der Waals surface area contributed by atoms with Gasteiger partial charge in [-0.3, -0.25) is 9.59 Å². The van der Waals surface area contributed by atoms with Gasteiger partial charge in [0.25, 0.3) is 5.91 Å². The number of hydrogen-bond acceptors (Lipinski definition) is 7. The Kier molecular flexibility index (Phi) is 6.41. The molecule has 0 atom stereocenters. The molecule has 1 aromatic heterocycles. The van der Waals surface area contributed by atoms with Crippen molar-refractivity contribution < 1.29 is 18.9 Å². The first-order valence-corrected chi connectivity index (χ1v) is 11.9. The molecule has 4 N–H and O–H groups in total. The Morgan fingerprint density at radius 3 is 2.43 bits per heavy atom. The summed E-state index contributed by atoms with van der Waals surface area (Å²) in [5.41, 5.74) is 6.18. The molecule has 0 saturated heterocycles. The van der Waals surface area contributed by atoms with E-state index in [1.165, 1.54) is 13.2 Å². The number of nitrogens with two attached hydrogens (primary N) is 1. The van der Waals surface area contributed by atoms with E-state index in [4.69, 9.17) is 10.5 Å². The van der Waals surface area contributed by atoms with E-state index < -0.39 is 13.0 Å². The molecular weight excluding hydrogens is 405 g/mol. The van der Waals surface area contributed by atoms with Gasteiger partial charge in [0.1, 0.15) is 12.9 Å². The van der Waals surface area contributed by atoms with Gasteiger partial charge in [0, 0.05) is 29.6 Å². The fourth-order valence-corrected chi connectivity index (χ4v) is 4.95. The van der Waals surface area contributed by atoms with Gasteiger partial charge in [0.2, 0.25) is 5.91 Å². The zero-order valence-corrected chi connectivity index (χ0v) is 18.2. The Labute approximate surface area is 175 Å². The predicted molar refractivity (Wildman–Crippen MR) is 117 cm³/mol. The third-order valence-corrected chi connectivity index (χ3v) is 8.44. The van der Waals surface area contributed by atoms with E-state index in [1.54, 1.807) is 18.2 Å². The number of nitrogens with zero attached hydrogens (tertiary/aromatic N) is 2. The minimum Gasteiger partial charge on any atom is -0.495 e. The number of carbonyl (C=O) groups is 2. The van der Waals surface area contributed by atoms with Crippen LogP contribution in [0.25, 0.3) is 0 Å². The van der Waals surface area contributed by atoms with Gasteiger partial charge in [-0.25, -0.2) is 0 Å². The second-order valence-electron chi connectivity index (χ2n) is 7.15. The molecule has 10 heteroatoms. The van der Waals surface area contributed by atoms with Crippen molar-refractivity contribution in [3.05, 3.63) is 30.0 Å². The maximum absolute atomic E-state index is 13.0. The molecule has 160 valence electrons. The van der Waals surface area contributed by atoms with Crippen LogP contribution in [0.3, 0.4) is 0 Å². The first-order chi connectivity index (χ1) is 14.3. The number of amides is 2. The molecule has 1 aliphatic carbocycles. The molecule has 1 heterocycles. The molecule has 0 spiro atoms. The highest BCUT2D eigenvalue weighted by Gasteiger charge is 2.30. The van der Waals surface area contributed by atoms with Crippen molar-refractivity contribution in [3.63, 3.8) is 0 Å². The largest absolute Gasteiger partial charge is 0.495 e. The zero-order valence-electron chi connectivity index (χ0n) is 17.3. The fourth-order valence-electron chi connectivity index (χ4n) is 3.07. The highest BCUT2D eigenvalue weighted by molar-refractivity contribution is 7.71. The average molecular weight is 431 g/mol. The number of hydrogen-bond donors (Lipinski definition) is 3. The Balaban J connectivity index is 1.94. The second-order valence-corrected chi connectivity index (χ2v) is 10.7. The van der Waals surface area contributed by atoms with E-state index in [2.05, 4.69) is 20.8 Å². The number of methoxy groups -OCH3 is 1. The smallest absolute Gasteiger partial charge is 0.271 e. The molecule has 2 amide bonds. The Morgan fingerprint density at radius 1 is 1.17 bits per heavy atom. The predicted octanol–water partition coefficient (Wildman–Crippen LogP) is 2.70. The van der Waals surface area contributed by atoms with Gasteiger partial charge in [-0.15, -0.1) is 10.2 Å². The number of nitrogens with one attached hydrogen (secondary N) is 2. The van der Waals surface area contributed by atoms with Crippen LogP contribution in [0.15, 0.2) is 24.3 Å². The van der Waals surface area contributed by atoms with E-state index in [-0.39, 0.29) is 29.0 Å². The lowest BCUT2D eigenvalue weighted by Gasteiger charge is -2.18. The monoisotopic (exact) mass is 431 g/mol. The summed E-state index contributed by atoms with van der Waals surface area (Å²) < 4.78 is 18.5. The average Bonchev–Trinajstić information content (AvgIpc) is 3.59. The van der Waals surface area contributed by atoms with Crippen molar-refractivity contribution in [1.82, 2.24) is 10.2 Å². The third kappa shape index (κ3) is 4.62. The molecule has 0 aliphatic heterocycles. The van der Waals surface area contributed by atoms with Crippen LogP contribution in [-0.4, -0.2) is 41.4 Å². The van der Waals surface area contributed by atoms with Gasteiger partial charge >= 0.3 is 0 Å². The van der Waals surface area contributed by atoms with Crippen LogP contribution < -0.4 is 26.4 Å². The third-order valence-electron chi connectivity index (χ3n) is 5.17. The molecule has 3 rings (SSSR count). The number of benzene rings is 1. The summed E-state index contributed by atoms with van der Waals surface area (Å²) in [5.74, 6) is -0.206. The minimum absolute atomic E-state index is 0.000475. The van der Waals surface area contributed by atoms with E-state index in [1.807, 2.05) is 13.8 Å². The van der Waals surface area contributed by atoms with Crippen LogP contribution in [-0.2, 0) is 9.36 Å². The molecule has 2 aromatic rings. The highest BCUT2D eigenvalue weighted by Crippen LogP contribution is 2.45. The minimum atomic E-state index is -2.48. The van der Waals surface area contributed by atoms with Crippen molar-refractivity contribution >= 4 is 41.5 Å². The number of primary amides is 1. The maximum atomic E-state index is 13.0. The first kappa shape index (κ1) is 21.8. The summed E-state index contributed by atoms with van der Waals surface area (Å²) in [6, 6.07) is 6.76. The van der Waals surface area contributed by atoms with Gasteiger partial charge in [-0.1, -0.05) is 13.8 Å². The summed E-state index contributed by atoms with van der Waals surface area (Å²) in [6.45, 7) is 3.81. The van der Waals surface area contributed by atoms with Gasteiger partial charge < -0.3 is 25.7 Å². The molecule has 1 fully saturated rings. The van der Waals surface area contributed by atoms with E-state index in [9.17, 15) is 14.2 Å². The lowest BCUT2D eigenvalue weighted by atomic mass is 10.2. The van der Waals surface area contributed by atoms with E-state index in [0.717, 1.165) is 18.1 Å². The Hall–Kier alpha value is -2.93. The molecule has 1 saturated carbocycles. The number of carbonyl (C=O) groups excluding carboxylic acids is 2. The topological polar surface area (TPSA) is 136 Å². The van der Waals surface area contributed by atoms with Crippen LogP contribution in [0.5, 0.6) is 5.75 Å². The van der Waals surface area contributed by atoms with E-state index in [0.29, 0.717) is 23.8 Å². The maximum Gasteiger partial charge on any atom is 0.271 e. The molecule has 0 radical (unpaired) electrons. The van der Waals surface area contributed by atoms with E-state index >= 15 is 0 Å². The first-order valence-electron chi connectivity index (χ1n) is 9.83. The van der Waals surface area contributed by atoms with Crippen molar-refractivity contribution in [2.45, 2.75) is 26.7 Å². The van der Waals surface area contributed by atoms with Crippen molar-refractivity contribution in [1.29, 1.82) is 0 Å².